The van der Waals surface area contributed by atoms with Crippen LogP contribution >= 0.6 is 22.6 Å². The van der Waals surface area contributed by atoms with Gasteiger partial charge in [0, 0.05) is 9.26 Å². The lowest BCUT2D eigenvalue weighted by molar-refractivity contribution is 0.0649. The molecule has 0 fully saturated rings. The Kier molecular flexibility index (Phi) is 4.00. The Morgan fingerprint density at radius 3 is 2.47 bits per heavy atom. The molecule has 2 N–H and O–H groups in total. The molecule has 84 valence electrons. The molecule has 1 rings (SSSR count). The second kappa shape index (κ2) is 4.70. The Morgan fingerprint density at radius 1 is 1.40 bits per heavy atom. The molecule has 2 nitrogen and oxygen atoms in total. The van der Waals surface area contributed by atoms with E-state index in [0.717, 1.165) is 5.69 Å². The first-order valence-corrected chi connectivity index (χ1v) is 6.13. The molecule has 0 heterocycles. The molecule has 1 aromatic rings. The second-order valence-electron chi connectivity index (χ2n) is 4.48. The molecule has 0 saturated carbocycles. The minimum absolute atomic E-state index is 0.0243. The molecule has 0 aliphatic rings. The Balaban J connectivity index is 2.82. The van der Waals surface area contributed by atoms with Crippen molar-refractivity contribution in [3.8, 4) is 0 Å². The summed E-state index contributed by atoms with van der Waals surface area (Å²) in [5.41, 5.74) is 1.58. The van der Waals surface area contributed by atoms with Gasteiger partial charge in [0.2, 0.25) is 0 Å². The van der Waals surface area contributed by atoms with Crippen LogP contribution in [-0.2, 0) is 0 Å². The molecular weight excluding hydrogens is 301 g/mol. The summed E-state index contributed by atoms with van der Waals surface area (Å²) < 4.78 is 1.23. The smallest absolute Gasteiger partial charge is 0.0789 e. The number of anilines is 1. The third-order valence-electron chi connectivity index (χ3n) is 2.62. The lowest BCUT2D eigenvalue weighted by Crippen LogP contribution is -2.39. The van der Waals surface area contributed by atoms with Gasteiger partial charge in [-0.25, -0.2) is 0 Å². The standard InChI is InChI=1S/C12H18INO/c1-8-7-10(13)5-6-11(8)14-9(2)12(3,4)15/h5-7,9,14-15H,1-4H3. The fraction of sp³-hybridized carbons (Fsp3) is 0.500. The number of rotatable bonds is 3. The number of nitrogens with one attached hydrogen (secondary N) is 1. The summed E-state index contributed by atoms with van der Waals surface area (Å²) in [6.07, 6.45) is 0. The zero-order valence-corrected chi connectivity index (χ0v) is 11.8. The van der Waals surface area contributed by atoms with Crippen molar-refractivity contribution in [1.29, 1.82) is 0 Å². The quantitative estimate of drug-likeness (QED) is 0.839. The average molecular weight is 319 g/mol. The van der Waals surface area contributed by atoms with E-state index in [0.29, 0.717) is 0 Å². The zero-order chi connectivity index (χ0) is 11.6. The van der Waals surface area contributed by atoms with Crippen molar-refractivity contribution in [3.63, 3.8) is 0 Å². The first-order chi connectivity index (χ1) is 6.80. The molecule has 0 amide bonds. The SMILES string of the molecule is Cc1cc(I)ccc1NC(C)C(C)(C)O. The zero-order valence-electron chi connectivity index (χ0n) is 9.63. The van der Waals surface area contributed by atoms with Crippen molar-refractivity contribution in [2.24, 2.45) is 0 Å². The van der Waals surface area contributed by atoms with Gasteiger partial charge in [-0.05, 0) is 74.0 Å². The lowest BCUT2D eigenvalue weighted by atomic mass is 10.00. The maximum Gasteiger partial charge on any atom is 0.0789 e. The van der Waals surface area contributed by atoms with E-state index in [1.807, 2.05) is 20.8 Å². The fourth-order valence-electron chi connectivity index (χ4n) is 1.20. The molecule has 1 atom stereocenters. The van der Waals surface area contributed by atoms with E-state index in [1.54, 1.807) is 0 Å². The van der Waals surface area contributed by atoms with Crippen LogP contribution in [0.2, 0.25) is 0 Å². The van der Waals surface area contributed by atoms with Crippen molar-refractivity contribution in [2.45, 2.75) is 39.3 Å². The maximum absolute atomic E-state index is 9.83. The van der Waals surface area contributed by atoms with Crippen molar-refractivity contribution < 1.29 is 5.11 Å². The van der Waals surface area contributed by atoms with E-state index in [-0.39, 0.29) is 6.04 Å². The predicted octanol–water partition coefficient (Wildman–Crippen LogP) is 3.17. The van der Waals surface area contributed by atoms with Gasteiger partial charge in [0.1, 0.15) is 0 Å². The first kappa shape index (κ1) is 12.8. The van der Waals surface area contributed by atoms with Crippen LogP contribution in [-0.4, -0.2) is 16.7 Å². The van der Waals surface area contributed by atoms with Crippen molar-refractivity contribution >= 4 is 28.3 Å². The lowest BCUT2D eigenvalue weighted by Gasteiger charge is -2.28. The Bertz CT molecular complexity index is 344. The van der Waals surface area contributed by atoms with Crippen LogP contribution in [0.15, 0.2) is 18.2 Å². The summed E-state index contributed by atoms with van der Waals surface area (Å²) in [5.74, 6) is 0. The van der Waals surface area contributed by atoms with Crippen LogP contribution in [0.3, 0.4) is 0 Å². The van der Waals surface area contributed by atoms with Crippen LogP contribution in [0.5, 0.6) is 0 Å². The van der Waals surface area contributed by atoms with Gasteiger partial charge in [0.25, 0.3) is 0 Å². The number of hydrogen-bond acceptors (Lipinski definition) is 2. The number of benzene rings is 1. The first-order valence-electron chi connectivity index (χ1n) is 5.06. The van der Waals surface area contributed by atoms with Gasteiger partial charge in [-0.3, -0.25) is 0 Å². The monoisotopic (exact) mass is 319 g/mol. The van der Waals surface area contributed by atoms with E-state index in [4.69, 9.17) is 0 Å². The highest BCUT2D eigenvalue weighted by Crippen LogP contribution is 2.21. The summed E-state index contributed by atoms with van der Waals surface area (Å²) >= 11 is 2.29. The molecule has 1 aromatic carbocycles. The van der Waals surface area contributed by atoms with Crippen molar-refractivity contribution in [1.82, 2.24) is 0 Å². The van der Waals surface area contributed by atoms with E-state index in [9.17, 15) is 5.11 Å². The van der Waals surface area contributed by atoms with Gasteiger partial charge >= 0.3 is 0 Å². The van der Waals surface area contributed by atoms with E-state index in [2.05, 4.69) is 53.0 Å². The molecule has 1 unspecified atom stereocenters. The summed E-state index contributed by atoms with van der Waals surface area (Å²) in [4.78, 5) is 0. The summed E-state index contributed by atoms with van der Waals surface area (Å²) in [7, 11) is 0. The van der Waals surface area contributed by atoms with Gasteiger partial charge in [-0.2, -0.15) is 0 Å². The number of hydrogen-bond donors (Lipinski definition) is 2. The molecule has 0 aliphatic carbocycles. The van der Waals surface area contributed by atoms with Crippen LogP contribution < -0.4 is 5.32 Å². The Morgan fingerprint density at radius 2 is 2.00 bits per heavy atom. The van der Waals surface area contributed by atoms with Crippen LogP contribution in [0.25, 0.3) is 0 Å². The molecule has 0 spiro atoms. The molecule has 0 radical (unpaired) electrons. The maximum atomic E-state index is 9.83. The molecule has 0 saturated heterocycles. The highest BCUT2D eigenvalue weighted by Gasteiger charge is 2.22. The minimum Gasteiger partial charge on any atom is -0.388 e. The van der Waals surface area contributed by atoms with Gasteiger partial charge in [-0.15, -0.1) is 0 Å². The van der Waals surface area contributed by atoms with Gasteiger partial charge in [-0.1, -0.05) is 0 Å². The van der Waals surface area contributed by atoms with Gasteiger partial charge < -0.3 is 10.4 Å². The average Bonchev–Trinajstić information content (AvgIpc) is 2.08. The predicted molar refractivity (Wildman–Crippen MR) is 73.3 cm³/mol. The Labute approximate surface area is 105 Å². The number of halogens is 1. The highest BCUT2D eigenvalue weighted by molar-refractivity contribution is 14.1. The summed E-state index contributed by atoms with van der Waals surface area (Å²) in [6, 6.07) is 6.27. The molecule has 0 bridgehead atoms. The summed E-state index contributed by atoms with van der Waals surface area (Å²) in [6.45, 7) is 7.68. The molecule has 15 heavy (non-hydrogen) atoms. The van der Waals surface area contributed by atoms with Gasteiger partial charge in [0.05, 0.1) is 11.6 Å². The van der Waals surface area contributed by atoms with Crippen molar-refractivity contribution in [2.75, 3.05) is 5.32 Å². The number of aliphatic hydroxyl groups is 1. The van der Waals surface area contributed by atoms with Gasteiger partial charge in [0.15, 0.2) is 0 Å². The topological polar surface area (TPSA) is 32.3 Å². The van der Waals surface area contributed by atoms with E-state index >= 15 is 0 Å². The molecule has 0 aliphatic heterocycles. The van der Waals surface area contributed by atoms with Crippen LogP contribution in [0.1, 0.15) is 26.3 Å². The largest absolute Gasteiger partial charge is 0.388 e. The normalized spacial score (nSPS) is 13.7. The summed E-state index contributed by atoms with van der Waals surface area (Å²) in [5, 5.41) is 13.2. The Hall–Kier alpha value is -0.290. The number of aryl methyl sites for hydroxylation is 1. The van der Waals surface area contributed by atoms with Crippen LogP contribution in [0.4, 0.5) is 5.69 Å². The third-order valence-corrected chi connectivity index (χ3v) is 3.29. The molecule has 0 aromatic heterocycles. The highest BCUT2D eigenvalue weighted by atomic mass is 127. The second-order valence-corrected chi connectivity index (χ2v) is 5.72. The van der Waals surface area contributed by atoms with Crippen LogP contribution in [0, 0.1) is 10.5 Å². The fourth-order valence-corrected chi connectivity index (χ4v) is 1.85. The molecule has 3 heteroatoms. The van der Waals surface area contributed by atoms with E-state index < -0.39 is 5.60 Å². The van der Waals surface area contributed by atoms with Crippen molar-refractivity contribution in [3.05, 3.63) is 27.3 Å². The third kappa shape index (κ3) is 3.65. The minimum atomic E-state index is -0.713. The molecular formula is C12H18INO. The van der Waals surface area contributed by atoms with E-state index in [1.165, 1.54) is 9.13 Å².